The van der Waals surface area contributed by atoms with E-state index in [0.717, 1.165) is 50.1 Å². The van der Waals surface area contributed by atoms with Crippen molar-refractivity contribution < 1.29 is 4.52 Å². The number of aryl methyl sites for hydroxylation is 2. The zero-order valence-electron chi connectivity index (χ0n) is 14.6. The second kappa shape index (κ2) is 6.12. The number of anilines is 1. The van der Waals surface area contributed by atoms with Crippen molar-refractivity contribution in [1.82, 2.24) is 25.0 Å². The van der Waals surface area contributed by atoms with E-state index in [2.05, 4.69) is 38.8 Å². The Balaban J connectivity index is 1.44. The molecule has 1 aliphatic heterocycles. The van der Waals surface area contributed by atoms with Gasteiger partial charge in [-0.2, -0.15) is 4.98 Å². The number of rotatable bonds is 4. The van der Waals surface area contributed by atoms with Gasteiger partial charge >= 0.3 is 0 Å². The largest absolute Gasteiger partial charge is 0.354 e. The van der Waals surface area contributed by atoms with E-state index >= 15 is 0 Å². The molecule has 0 spiro atoms. The zero-order valence-corrected chi connectivity index (χ0v) is 14.6. The zero-order chi connectivity index (χ0) is 16.7. The summed E-state index contributed by atoms with van der Waals surface area (Å²) in [6.45, 7) is 10.7. The lowest BCUT2D eigenvalue weighted by atomic mass is 10.2. The molecule has 7 heteroatoms. The van der Waals surface area contributed by atoms with Crippen molar-refractivity contribution in [2.24, 2.45) is 0 Å². The van der Waals surface area contributed by atoms with Crippen molar-refractivity contribution in [1.29, 1.82) is 0 Å². The Hall–Kier alpha value is -2.02. The van der Waals surface area contributed by atoms with Gasteiger partial charge in [0.1, 0.15) is 11.6 Å². The van der Waals surface area contributed by atoms with Crippen molar-refractivity contribution in [3.8, 4) is 0 Å². The SMILES string of the molecule is Cc1noc(CN2CCN(c3nc(C4CC4)nc(C)c3C)CC2)n1. The molecule has 0 aromatic carbocycles. The van der Waals surface area contributed by atoms with Crippen LogP contribution < -0.4 is 4.90 Å². The summed E-state index contributed by atoms with van der Waals surface area (Å²) in [7, 11) is 0. The molecule has 2 aliphatic rings. The summed E-state index contributed by atoms with van der Waals surface area (Å²) in [5, 5.41) is 3.86. The molecule has 1 aliphatic carbocycles. The molecule has 2 fully saturated rings. The Morgan fingerprint density at radius 2 is 1.75 bits per heavy atom. The summed E-state index contributed by atoms with van der Waals surface area (Å²) in [5.41, 5.74) is 2.33. The highest BCUT2D eigenvalue weighted by atomic mass is 16.5. The molecule has 7 nitrogen and oxygen atoms in total. The van der Waals surface area contributed by atoms with E-state index < -0.39 is 0 Å². The average Bonchev–Trinajstić information content (AvgIpc) is 3.34. The number of hydrogen-bond donors (Lipinski definition) is 0. The second-order valence-electron chi connectivity index (χ2n) is 6.89. The van der Waals surface area contributed by atoms with Crippen LogP contribution in [0.3, 0.4) is 0 Å². The van der Waals surface area contributed by atoms with Crippen LogP contribution in [0.4, 0.5) is 5.82 Å². The van der Waals surface area contributed by atoms with Crippen LogP contribution >= 0.6 is 0 Å². The smallest absolute Gasteiger partial charge is 0.240 e. The minimum Gasteiger partial charge on any atom is -0.354 e. The van der Waals surface area contributed by atoms with Crippen LogP contribution in [0.25, 0.3) is 0 Å². The van der Waals surface area contributed by atoms with Gasteiger partial charge in [-0.3, -0.25) is 4.90 Å². The standard InChI is InChI=1S/C17H24N6O/c1-11-12(2)18-16(14-4-5-14)20-17(11)23-8-6-22(7-9-23)10-15-19-13(3)21-24-15/h14H,4-10H2,1-3H3. The Kier molecular flexibility index (Phi) is 3.96. The van der Waals surface area contributed by atoms with Gasteiger partial charge in [-0.25, -0.2) is 9.97 Å². The van der Waals surface area contributed by atoms with Crippen LogP contribution in [0, 0.1) is 20.8 Å². The van der Waals surface area contributed by atoms with Crippen LogP contribution in [-0.4, -0.2) is 51.2 Å². The van der Waals surface area contributed by atoms with Crippen LogP contribution in [0.15, 0.2) is 4.52 Å². The van der Waals surface area contributed by atoms with E-state index in [1.807, 2.05) is 6.92 Å². The topological polar surface area (TPSA) is 71.2 Å². The highest BCUT2D eigenvalue weighted by molar-refractivity contribution is 5.49. The van der Waals surface area contributed by atoms with Gasteiger partial charge in [-0.1, -0.05) is 5.16 Å². The van der Waals surface area contributed by atoms with Gasteiger partial charge in [-0.05, 0) is 33.6 Å². The maximum atomic E-state index is 5.23. The summed E-state index contributed by atoms with van der Waals surface area (Å²) >= 11 is 0. The molecule has 0 atom stereocenters. The third-order valence-corrected chi connectivity index (χ3v) is 4.92. The molecule has 1 saturated carbocycles. The average molecular weight is 328 g/mol. The van der Waals surface area contributed by atoms with E-state index in [0.29, 0.717) is 17.6 Å². The van der Waals surface area contributed by atoms with E-state index in [4.69, 9.17) is 9.51 Å². The molecule has 0 bridgehead atoms. The maximum Gasteiger partial charge on any atom is 0.240 e. The number of aromatic nitrogens is 4. The third kappa shape index (κ3) is 3.13. The molecule has 3 heterocycles. The first-order chi connectivity index (χ1) is 11.6. The Labute approximate surface area is 142 Å². The molecule has 4 rings (SSSR count). The van der Waals surface area contributed by atoms with Gasteiger partial charge in [0, 0.05) is 43.4 Å². The molecule has 0 amide bonds. The molecular formula is C17H24N6O. The number of piperazine rings is 1. The molecule has 0 unspecified atom stereocenters. The summed E-state index contributed by atoms with van der Waals surface area (Å²) in [6.07, 6.45) is 2.47. The quantitative estimate of drug-likeness (QED) is 0.850. The molecule has 0 radical (unpaired) electrons. The fraction of sp³-hybridized carbons (Fsp3) is 0.647. The van der Waals surface area contributed by atoms with Crippen molar-refractivity contribution >= 4 is 5.82 Å². The first-order valence-electron chi connectivity index (χ1n) is 8.72. The molecule has 1 saturated heterocycles. The van der Waals surface area contributed by atoms with E-state index in [1.165, 1.54) is 18.4 Å². The lowest BCUT2D eigenvalue weighted by molar-refractivity contribution is 0.215. The third-order valence-electron chi connectivity index (χ3n) is 4.92. The Morgan fingerprint density at radius 3 is 2.38 bits per heavy atom. The fourth-order valence-corrected chi connectivity index (χ4v) is 3.18. The van der Waals surface area contributed by atoms with Gasteiger partial charge < -0.3 is 9.42 Å². The minimum absolute atomic E-state index is 0.588. The van der Waals surface area contributed by atoms with E-state index in [1.54, 1.807) is 0 Å². The number of nitrogens with zero attached hydrogens (tertiary/aromatic N) is 6. The summed E-state index contributed by atoms with van der Waals surface area (Å²) in [4.78, 5) is 18.6. The minimum atomic E-state index is 0.588. The van der Waals surface area contributed by atoms with Gasteiger partial charge in [0.2, 0.25) is 5.89 Å². The predicted molar refractivity (Wildman–Crippen MR) is 90.0 cm³/mol. The van der Waals surface area contributed by atoms with Crippen LogP contribution in [0.2, 0.25) is 0 Å². The first kappa shape index (κ1) is 15.5. The van der Waals surface area contributed by atoms with Gasteiger partial charge in [0.05, 0.1) is 6.54 Å². The molecule has 128 valence electrons. The van der Waals surface area contributed by atoms with Gasteiger partial charge in [-0.15, -0.1) is 0 Å². The molecule has 2 aromatic heterocycles. The lowest BCUT2D eigenvalue weighted by Gasteiger charge is -2.35. The highest BCUT2D eigenvalue weighted by Crippen LogP contribution is 2.39. The summed E-state index contributed by atoms with van der Waals surface area (Å²) < 4.78 is 5.23. The maximum absolute atomic E-state index is 5.23. The molecular weight excluding hydrogens is 304 g/mol. The van der Waals surface area contributed by atoms with Crippen LogP contribution in [-0.2, 0) is 6.54 Å². The predicted octanol–water partition coefficient (Wildman–Crippen LogP) is 1.98. The van der Waals surface area contributed by atoms with Gasteiger partial charge in [0.25, 0.3) is 0 Å². The Morgan fingerprint density at radius 1 is 1.00 bits per heavy atom. The molecule has 0 N–H and O–H groups in total. The first-order valence-corrected chi connectivity index (χ1v) is 8.72. The van der Waals surface area contributed by atoms with E-state index in [-0.39, 0.29) is 0 Å². The normalized spacial score (nSPS) is 19.0. The monoisotopic (exact) mass is 328 g/mol. The Bertz CT molecular complexity index is 731. The second-order valence-corrected chi connectivity index (χ2v) is 6.89. The number of hydrogen-bond acceptors (Lipinski definition) is 7. The van der Waals surface area contributed by atoms with Crippen LogP contribution in [0.5, 0.6) is 0 Å². The van der Waals surface area contributed by atoms with Crippen molar-refractivity contribution in [3.63, 3.8) is 0 Å². The fourth-order valence-electron chi connectivity index (χ4n) is 3.18. The lowest BCUT2D eigenvalue weighted by Crippen LogP contribution is -2.46. The van der Waals surface area contributed by atoms with Crippen molar-refractivity contribution in [2.45, 2.75) is 46.1 Å². The van der Waals surface area contributed by atoms with Crippen molar-refractivity contribution in [3.05, 3.63) is 28.8 Å². The van der Waals surface area contributed by atoms with Crippen molar-refractivity contribution in [2.75, 3.05) is 31.1 Å². The van der Waals surface area contributed by atoms with E-state index in [9.17, 15) is 0 Å². The van der Waals surface area contributed by atoms with Crippen LogP contribution in [0.1, 0.15) is 47.6 Å². The van der Waals surface area contributed by atoms with Gasteiger partial charge in [0.15, 0.2) is 5.82 Å². The highest BCUT2D eigenvalue weighted by Gasteiger charge is 2.29. The molecule has 24 heavy (non-hydrogen) atoms. The summed E-state index contributed by atoms with van der Waals surface area (Å²) in [5.74, 6) is 4.15. The molecule has 2 aromatic rings. The summed E-state index contributed by atoms with van der Waals surface area (Å²) in [6, 6.07) is 0.